The van der Waals surface area contributed by atoms with Gasteiger partial charge in [0.05, 0.1) is 5.69 Å². The van der Waals surface area contributed by atoms with Crippen LogP contribution in [0, 0.1) is 13.8 Å². The fourth-order valence-electron chi connectivity index (χ4n) is 1.38. The number of hydrogen-bond acceptors (Lipinski definition) is 3. The van der Waals surface area contributed by atoms with E-state index >= 15 is 0 Å². The first-order valence-electron chi connectivity index (χ1n) is 5.07. The van der Waals surface area contributed by atoms with Gasteiger partial charge in [0, 0.05) is 16.8 Å². The standard InChI is InChI=1S/C12H11ClN2O2/c1-7-3-4-9(13)6-10(7)14-12(16)11-5-8(2)15-17-11/h3-6H,1-2H3,(H,14,16). The number of aryl methyl sites for hydroxylation is 2. The van der Waals surface area contributed by atoms with E-state index in [1.165, 1.54) is 0 Å². The maximum Gasteiger partial charge on any atom is 0.294 e. The smallest absolute Gasteiger partial charge is 0.294 e. The number of carbonyl (C=O) groups is 1. The molecule has 0 atom stereocenters. The van der Waals surface area contributed by atoms with Crippen LogP contribution in [0.25, 0.3) is 0 Å². The van der Waals surface area contributed by atoms with Crippen molar-refractivity contribution in [3.8, 4) is 0 Å². The number of benzene rings is 1. The summed E-state index contributed by atoms with van der Waals surface area (Å²) in [6, 6.07) is 6.88. The lowest BCUT2D eigenvalue weighted by molar-refractivity contribution is 0.0988. The first-order valence-corrected chi connectivity index (χ1v) is 5.45. The molecule has 0 aliphatic rings. The maximum atomic E-state index is 11.8. The van der Waals surface area contributed by atoms with E-state index in [9.17, 15) is 4.79 Å². The van der Waals surface area contributed by atoms with Crippen molar-refractivity contribution in [2.45, 2.75) is 13.8 Å². The fourth-order valence-corrected chi connectivity index (χ4v) is 1.56. The molecule has 0 saturated carbocycles. The van der Waals surface area contributed by atoms with Crippen LogP contribution in [-0.2, 0) is 0 Å². The zero-order valence-electron chi connectivity index (χ0n) is 9.45. The minimum Gasteiger partial charge on any atom is -0.351 e. The lowest BCUT2D eigenvalue weighted by Crippen LogP contribution is -2.11. The third kappa shape index (κ3) is 2.65. The van der Waals surface area contributed by atoms with Crippen LogP contribution in [0.3, 0.4) is 0 Å². The SMILES string of the molecule is Cc1cc(C(=O)Nc2cc(Cl)ccc2C)on1. The number of rotatable bonds is 2. The highest BCUT2D eigenvalue weighted by molar-refractivity contribution is 6.31. The predicted octanol–water partition coefficient (Wildman–Crippen LogP) is 3.20. The molecule has 1 heterocycles. The van der Waals surface area contributed by atoms with Crippen molar-refractivity contribution in [2.24, 2.45) is 0 Å². The van der Waals surface area contributed by atoms with Crippen molar-refractivity contribution in [1.29, 1.82) is 0 Å². The summed E-state index contributed by atoms with van der Waals surface area (Å²) < 4.78 is 4.87. The van der Waals surface area contributed by atoms with Gasteiger partial charge < -0.3 is 9.84 Å². The first-order chi connectivity index (χ1) is 8.06. The van der Waals surface area contributed by atoms with Gasteiger partial charge in [0.15, 0.2) is 0 Å². The molecule has 4 nitrogen and oxygen atoms in total. The number of carbonyl (C=O) groups excluding carboxylic acids is 1. The van der Waals surface area contributed by atoms with E-state index in [0.29, 0.717) is 16.4 Å². The summed E-state index contributed by atoms with van der Waals surface area (Å²) in [6.07, 6.45) is 0. The number of nitrogens with zero attached hydrogens (tertiary/aromatic N) is 1. The molecule has 1 aromatic carbocycles. The molecule has 1 N–H and O–H groups in total. The minimum atomic E-state index is -0.337. The molecule has 0 saturated heterocycles. The van der Waals surface area contributed by atoms with Crippen LogP contribution >= 0.6 is 11.6 Å². The predicted molar refractivity (Wildman–Crippen MR) is 65.4 cm³/mol. The van der Waals surface area contributed by atoms with Gasteiger partial charge in [0.2, 0.25) is 5.76 Å². The van der Waals surface area contributed by atoms with Crippen LogP contribution in [0.1, 0.15) is 21.8 Å². The van der Waals surface area contributed by atoms with E-state index in [2.05, 4.69) is 10.5 Å². The quantitative estimate of drug-likeness (QED) is 0.891. The van der Waals surface area contributed by atoms with Gasteiger partial charge in [-0.2, -0.15) is 0 Å². The highest BCUT2D eigenvalue weighted by atomic mass is 35.5. The van der Waals surface area contributed by atoms with Gasteiger partial charge in [0.25, 0.3) is 5.91 Å². The van der Waals surface area contributed by atoms with E-state index in [1.807, 2.05) is 13.0 Å². The Bertz CT molecular complexity index is 563. The maximum absolute atomic E-state index is 11.8. The van der Waals surface area contributed by atoms with Crippen LogP contribution in [-0.4, -0.2) is 11.1 Å². The number of halogens is 1. The van der Waals surface area contributed by atoms with Gasteiger partial charge in [-0.05, 0) is 31.5 Å². The highest BCUT2D eigenvalue weighted by Crippen LogP contribution is 2.20. The van der Waals surface area contributed by atoms with Crippen molar-refractivity contribution in [1.82, 2.24) is 5.16 Å². The Morgan fingerprint density at radius 2 is 2.12 bits per heavy atom. The second-order valence-corrected chi connectivity index (χ2v) is 4.18. The summed E-state index contributed by atoms with van der Waals surface area (Å²) in [4.78, 5) is 11.8. The van der Waals surface area contributed by atoms with Crippen LogP contribution < -0.4 is 5.32 Å². The lowest BCUT2D eigenvalue weighted by Gasteiger charge is -2.06. The summed E-state index contributed by atoms with van der Waals surface area (Å²) in [5, 5.41) is 6.95. The number of aromatic nitrogens is 1. The Morgan fingerprint density at radius 1 is 1.35 bits per heavy atom. The van der Waals surface area contributed by atoms with Crippen LogP contribution in [0.5, 0.6) is 0 Å². The molecule has 1 amide bonds. The molecular weight excluding hydrogens is 240 g/mol. The second kappa shape index (κ2) is 4.59. The highest BCUT2D eigenvalue weighted by Gasteiger charge is 2.12. The molecule has 0 fully saturated rings. The summed E-state index contributed by atoms with van der Waals surface area (Å²) >= 11 is 5.86. The average molecular weight is 251 g/mol. The van der Waals surface area contributed by atoms with Crippen LogP contribution in [0.4, 0.5) is 5.69 Å². The molecule has 2 aromatic rings. The van der Waals surface area contributed by atoms with Gasteiger partial charge in [-0.25, -0.2) is 0 Å². The monoisotopic (exact) mass is 250 g/mol. The number of hydrogen-bond donors (Lipinski definition) is 1. The summed E-state index contributed by atoms with van der Waals surface area (Å²) in [5.41, 5.74) is 2.26. The lowest BCUT2D eigenvalue weighted by atomic mass is 10.2. The second-order valence-electron chi connectivity index (χ2n) is 3.75. The topological polar surface area (TPSA) is 55.1 Å². The number of anilines is 1. The largest absolute Gasteiger partial charge is 0.351 e. The van der Waals surface area contributed by atoms with Gasteiger partial charge in [0.1, 0.15) is 0 Å². The van der Waals surface area contributed by atoms with E-state index in [-0.39, 0.29) is 11.7 Å². The minimum absolute atomic E-state index is 0.182. The molecule has 0 radical (unpaired) electrons. The van der Waals surface area contributed by atoms with Crippen molar-refractivity contribution >= 4 is 23.2 Å². The zero-order valence-corrected chi connectivity index (χ0v) is 10.2. The van der Waals surface area contributed by atoms with Gasteiger partial charge >= 0.3 is 0 Å². The molecule has 0 aliphatic carbocycles. The zero-order chi connectivity index (χ0) is 12.4. The summed E-state index contributed by atoms with van der Waals surface area (Å²) in [7, 11) is 0. The Kier molecular flexibility index (Phi) is 3.15. The van der Waals surface area contributed by atoms with Gasteiger partial charge in [-0.15, -0.1) is 0 Å². The van der Waals surface area contributed by atoms with Crippen molar-refractivity contribution in [3.63, 3.8) is 0 Å². The molecule has 1 aromatic heterocycles. The Balaban J connectivity index is 2.21. The van der Waals surface area contributed by atoms with E-state index in [1.54, 1.807) is 25.1 Å². The molecule has 2 rings (SSSR count). The number of nitrogens with one attached hydrogen (secondary N) is 1. The summed E-state index contributed by atoms with van der Waals surface area (Å²) in [6.45, 7) is 3.64. The van der Waals surface area contributed by atoms with Gasteiger partial charge in [-0.1, -0.05) is 22.8 Å². The van der Waals surface area contributed by atoms with Crippen molar-refractivity contribution in [3.05, 3.63) is 46.3 Å². The van der Waals surface area contributed by atoms with Crippen LogP contribution in [0.15, 0.2) is 28.8 Å². The Labute approximate surface area is 104 Å². The molecule has 0 bridgehead atoms. The Hall–Kier alpha value is -1.81. The molecule has 0 spiro atoms. The molecule has 17 heavy (non-hydrogen) atoms. The molecule has 88 valence electrons. The normalized spacial score (nSPS) is 10.3. The van der Waals surface area contributed by atoms with Gasteiger partial charge in [-0.3, -0.25) is 4.79 Å². The third-order valence-corrected chi connectivity index (χ3v) is 2.53. The average Bonchev–Trinajstić information content (AvgIpc) is 2.70. The first kappa shape index (κ1) is 11.7. The molecule has 0 unspecified atom stereocenters. The van der Waals surface area contributed by atoms with Crippen LogP contribution in [0.2, 0.25) is 5.02 Å². The van der Waals surface area contributed by atoms with E-state index in [4.69, 9.17) is 16.1 Å². The van der Waals surface area contributed by atoms with E-state index in [0.717, 1.165) is 5.56 Å². The van der Waals surface area contributed by atoms with Crippen molar-refractivity contribution in [2.75, 3.05) is 5.32 Å². The van der Waals surface area contributed by atoms with E-state index < -0.39 is 0 Å². The fraction of sp³-hybridized carbons (Fsp3) is 0.167. The number of amides is 1. The summed E-state index contributed by atoms with van der Waals surface area (Å²) in [5.74, 6) is -0.155. The molecule has 0 aliphatic heterocycles. The Morgan fingerprint density at radius 3 is 2.76 bits per heavy atom. The molecule has 5 heteroatoms. The third-order valence-electron chi connectivity index (χ3n) is 2.30. The molecular formula is C12H11ClN2O2. The van der Waals surface area contributed by atoms with Crippen molar-refractivity contribution < 1.29 is 9.32 Å².